The van der Waals surface area contributed by atoms with E-state index in [1.54, 1.807) is 0 Å². The highest BCUT2D eigenvalue weighted by Gasteiger charge is 2.28. The van der Waals surface area contributed by atoms with Gasteiger partial charge in [-0.05, 0) is 61.8 Å². The SMILES string of the molecule is CCCNC(c1cccc(Cl)c1C)C1CCCC(C)C1. The van der Waals surface area contributed by atoms with Crippen LogP contribution >= 0.6 is 11.6 Å². The molecule has 0 amide bonds. The van der Waals surface area contributed by atoms with Crippen LogP contribution in [0.5, 0.6) is 0 Å². The minimum Gasteiger partial charge on any atom is -0.310 e. The van der Waals surface area contributed by atoms with Gasteiger partial charge in [0, 0.05) is 11.1 Å². The Bertz CT molecular complexity index is 429. The molecular weight excluding hydrogens is 266 g/mol. The van der Waals surface area contributed by atoms with Gasteiger partial charge < -0.3 is 5.32 Å². The van der Waals surface area contributed by atoms with Crippen LogP contribution in [-0.4, -0.2) is 6.54 Å². The van der Waals surface area contributed by atoms with Gasteiger partial charge in [-0.1, -0.05) is 50.4 Å². The van der Waals surface area contributed by atoms with Crippen LogP contribution in [-0.2, 0) is 0 Å². The molecule has 1 aromatic rings. The lowest BCUT2D eigenvalue weighted by Crippen LogP contribution is -2.32. The minimum absolute atomic E-state index is 0.469. The van der Waals surface area contributed by atoms with E-state index in [0.29, 0.717) is 6.04 Å². The number of benzene rings is 1. The zero-order chi connectivity index (χ0) is 14.5. The van der Waals surface area contributed by atoms with Gasteiger partial charge in [-0.2, -0.15) is 0 Å². The summed E-state index contributed by atoms with van der Waals surface area (Å²) < 4.78 is 0. The molecule has 0 bridgehead atoms. The standard InChI is InChI=1S/C18H28ClN/c1-4-11-20-18(15-8-5-7-13(2)12-15)16-9-6-10-17(19)14(16)3/h6,9-10,13,15,18,20H,4-5,7-8,11-12H2,1-3H3. The fraction of sp³-hybridized carbons (Fsp3) is 0.667. The Morgan fingerprint density at radius 3 is 2.85 bits per heavy atom. The Balaban J connectivity index is 2.24. The normalized spacial score (nSPS) is 24.6. The number of hydrogen-bond acceptors (Lipinski definition) is 1. The lowest BCUT2D eigenvalue weighted by molar-refractivity contribution is 0.223. The van der Waals surface area contributed by atoms with Crippen LogP contribution in [0.4, 0.5) is 0 Å². The highest BCUT2D eigenvalue weighted by molar-refractivity contribution is 6.31. The topological polar surface area (TPSA) is 12.0 Å². The van der Waals surface area contributed by atoms with Gasteiger partial charge >= 0.3 is 0 Å². The van der Waals surface area contributed by atoms with Crippen molar-refractivity contribution in [2.24, 2.45) is 11.8 Å². The van der Waals surface area contributed by atoms with Crippen molar-refractivity contribution in [1.82, 2.24) is 5.32 Å². The number of nitrogens with one attached hydrogen (secondary N) is 1. The zero-order valence-corrected chi connectivity index (χ0v) is 13.8. The van der Waals surface area contributed by atoms with E-state index < -0.39 is 0 Å². The van der Waals surface area contributed by atoms with E-state index in [9.17, 15) is 0 Å². The van der Waals surface area contributed by atoms with Crippen molar-refractivity contribution in [3.8, 4) is 0 Å². The van der Waals surface area contributed by atoms with Crippen LogP contribution in [0.2, 0.25) is 5.02 Å². The molecule has 1 aromatic carbocycles. The molecule has 3 unspecified atom stereocenters. The predicted molar refractivity (Wildman–Crippen MR) is 88.3 cm³/mol. The third kappa shape index (κ3) is 3.77. The fourth-order valence-corrected chi connectivity index (χ4v) is 3.76. The van der Waals surface area contributed by atoms with Gasteiger partial charge in [-0.25, -0.2) is 0 Å². The van der Waals surface area contributed by atoms with E-state index in [4.69, 9.17) is 11.6 Å². The third-order valence-electron chi connectivity index (χ3n) is 4.71. The van der Waals surface area contributed by atoms with Crippen molar-refractivity contribution in [3.05, 3.63) is 34.3 Å². The van der Waals surface area contributed by atoms with E-state index in [0.717, 1.165) is 23.4 Å². The minimum atomic E-state index is 0.469. The van der Waals surface area contributed by atoms with Crippen molar-refractivity contribution >= 4 is 11.6 Å². The molecule has 1 aliphatic rings. The summed E-state index contributed by atoms with van der Waals surface area (Å²) in [5, 5.41) is 4.68. The quantitative estimate of drug-likeness (QED) is 0.754. The molecule has 3 atom stereocenters. The first-order valence-electron chi connectivity index (χ1n) is 8.11. The Morgan fingerprint density at radius 1 is 1.35 bits per heavy atom. The molecule has 20 heavy (non-hydrogen) atoms. The Labute approximate surface area is 129 Å². The Hall–Kier alpha value is -0.530. The average molecular weight is 294 g/mol. The average Bonchev–Trinajstić information content (AvgIpc) is 2.44. The fourth-order valence-electron chi connectivity index (χ4n) is 3.58. The molecule has 112 valence electrons. The Morgan fingerprint density at radius 2 is 2.15 bits per heavy atom. The molecule has 0 aromatic heterocycles. The number of rotatable bonds is 5. The maximum atomic E-state index is 6.33. The molecule has 1 fully saturated rings. The van der Waals surface area contributed by atoms with Crippen LogP contribution in [0.25, 0.3) is 0 Å². The molecule has 1 saturated carbocycles. The summed E-state index contributed by atoms with van der Waals surface area (Å²) in [6, 6.07) is 6.82. The molecule has 2 heteroatoms. The van der Waals surface area contributed by atoms with Crippen LogP contribution < -0.4 is 5.32 Å². The van der Waals surface area contributed by atoms with E-state index >= 15 is 0 Å². The van der Waals surface area contributed by atoms with Crippen LogP contribution in [0.3, 0.4) is 0 Å². The monoisotopic (exact) mass is 293 g/mol. The van der Waals surface area contributed by atoms with Crippen molar-refractivity contribution < 1.29 is 0 Å². The molecule has 0 spiro atoms. The smallest absolute Gasteiger partial charge is 0.0438 e. The summed E-state index contributed by atoms with van der Waals surface area (Å²) in [4.78, 5) is 0. The first-order chi connectivity index (χ1) is 9.63. The highest BCUT2D eigenvalue weighted by atomic mass is 35.5. The van der Waals surface area contributed by atoms with Gasteiger partial charge in [-0.15, -0.1) is 0 Å². The molecule has 1 aliphatic carbocycles. The van der Waals surface area contributed by atoms with Gasteiger partial charge in [0.1, 0.15) is 0 Å². The lowest BCUT2D eigenvalue weighted by Gasteiger charge is -2.35. The second-order valence-corrected chi connectivity index (χ2v) is 6.82. The summed E-state index contributed by atoms with van der Waals surface area (Å²) >= 11 is 6.33. The van der Waals surface area contributed by atoms with Crippen molar-refractivity contribution in [2.75, 3.05) is 6.54 Å². The van der Waals surface area contributed by atoms with Gasteiger partial charge in [0.25, 0.3) is 0 Å². The summed E-state index contributed by atoms with van der Waals surface area (Å²) in [5.41, 5.74) is 2.66. The first-order valence-corrected chi connectivity index (χ1v) is 8.49. The number of hydrogen-bond donors (Lipinski definition) is 1. The summed E-state index contributed by atoms with van der Waals surface area (Å²) in [5.74, 6) is 1.61. The maximum Gasteiger partial charge on any atom is 0.0438 e. The van der Waals surface area contributed by atoms with Crippen molar-refractivity contribution in [2.45, 2.75) is 58.9 Å². The maximum absolute atomic E-state index is 6.33. The lowest BCUT2D eigenvalue weighted by atomic mass is 9.76. The molecular formula is C18H28ClN. The second-order valence-electron chi connectivity index (χ2n) is 6.42. The largest absolute Gasteiger partial charge is 0.310 e. The van der Waals surface area contributed by atoms with Gasteiger partial charge in [0.05, 0.1) is 0 Å². The zero-order valence-electron chi connectivity index (χ0n) is 13.1. The van der Waals surface area contributed by atoms with Gasteiger partial charge in [-0.3, -0.25) is 0 Å². The molecule has 0 heterocycles. The van der Waals surface area contributed by atoms with E-state index in [1.807, 2.05) is 6.07 Å². The van der Waals surface area contributed by atoms with Gasteiger partial charge in [0.15, 0.2) is 0 Å². The molecule has 0 saturated heterocycles. The molecule has 1 nitrogen and oxygen atoms in total. The summed E-state index contributed by atoms with van der Waals surface area (Å²) in [6.45, 7) is 7.87. The highest BCUT2D eigenvalue weighted by Crippen LogP contribution is 2.39. The summed E-state index contributed by atoms with van der Waals surface area (Å²) in [7, 11) is 0. The number of halogens is 1. The van der Waals surface area contributed by atoms with E-state index in [2.05, 4.69) is 38.2 Å². The summed E-state index contributed by atoms with van der Waals surface area (Å²) in [6.07, 6.45) is 6.63. The van der Waals surface area contributed by atoms with E-state index in [1.165, 1.54) is 43.2 Å². The Kier molecular flexibility index (Phi) is 5.92. The van der Waals surface area contributed by atoms with E-state index in [-0.39, 0.29) is 0 Å². The molecule has 2 rings (SSSR count). The molecule has 1 N–H and O–H groups in total. The van der Waals surface area contributed by atoms with Crippen molar-refractivity contribution in [1.29, 1.82) is 0 Å². The van der Waals surface area contributed by atoms with Crippen LogP contribution in [0, 0.1) is 18.8 Å². The van der Waals surface area contributed by atoms with Gasteiger partial charge in [0.2, 0.25) is 0 Å². The molecule has 0 radical (unpaired) electrons. The first kappa shape index (κ1) is 15.9. The van der Waals surface area contributed by atoms with Crippen LogP contribution in [0.15, 0.2) is 18.2 Å². The third-order valence-corrected chi connectivity index (χ3v) is 5.12. The van der Waals surface area contributed by atoms with Crippen LogP contribution in [0.1, 0.15) is 63.1 Å². The van der Waals surface area contributed by atoms with Crippen molar-refractivity contribution in [3.63, 3.8) is 0 Å². The molecule has 0 aliphatic heterocycles. The predicted octanol–water partition coefficient (Wildman–Crippen LogP) is 5.52. The second kappa shape index (κ2) is 7.47.